The summed E-state index contributed by atoms with van der Waals surface area (Å²) in [7, 11) is 0. The molecule has 0 amide bonds. The molecule has 0 bridgehead atoms. The van der Waals surface area contributed by atoms with Gasteiger partial charge in [-0.2, -0.15) is 0 Å². The van der Waals surface area contributed by atoms with E-state index >= 15 is 0 Å². The largest absolute Gasteiger partial charge is 0.390 e. The third kappa shape index (κ3) is 2.48. The van der Waals surface area contributed by atoms with Crippen molar-refractivity contribution in [1.29, 1.82) is 0 Å². The molecule has 0 heterocycles. The van der Waals surface area contributed by atoms with Crippen LogP contribution in [0, 0.1) is 11.8 Å². The van der Waals surface area contributed by atoms with Crippen LogP contribution in [0.2, 0.25) is 0 Å². The molecule has 0 aromatic heterocycles. The van der Waals surface area contributed by atoms with Crippen LogP contribution in [0.4, 0.5) is 0 Å². The third-order valence-corrected chi connectivity index (χ3v) is 3.31. The average Bonchev–Trinajstić information content (AvgIpc) is 2.82. The van der Waals surface area contributed by atoms with Gasteiger partial charge in [0.25, 0.3) is 0 Å². The zero-order chi connectivity index (χ0) is 9.19. The second kappa shape index (κ2) is 3.78. The van der Waals surface area contributed by atoms with Crippen LogP contribution in [0.25, 0.3) is 0 Å². The predicted molar refractivity (Wildman–Crippen MR) is 52.0 cm³/mol. The van der Waals surface area contributed by atoms with E-state index in [-0.39, 0.29) is 5.60 Å². The standard InChI is InChI=1S/C11H22O/c1-4-9(5-2)8-11(3,12)10-6-7-10/h9-10,12H,4-8H2,1-3H3. The van der Waals surface area contributed by atoms with E-state index in [1.807, 2.05) is 6.92 Å². The fourth-order valence-electron chi connectivity index (χ4n) is 2.03. The van der Waals surface area contributed by atoms with Crippen molar-refractivity contribution in [3.63, 3.8) is 0 Å². The number of aliphatic hydroxyl groups is 1. The van der Waals surface area contributed by atoms with Crippen LogP contribution in [0.1, 0.15) is 52.9 Å². The summed E-state index contributed by atoms with van der Waals surface area (Å²) < 4.78 is 0. The first-order chi connectivity index (χ1) is 5.60. The number of rotatable bonds is 5. The smallest absolute Gasteiger partial charge is 0.0650 e. The molecule has 1 N–H and O–H groups in total. The van der Waals surface area contributed by atoms with Crippen molar-refractivity contribution in [2.24, 2.45) is 11.8 Å². The van der Waals surface area contributed by atoms with Crippen molar-refractivity contribution >= 4 is 0 Å². The van der Waals surface area contributed by atoms with Gasteiger partial charge in [0.2, 0.25) is 0 Å². The topological polar surface area (TPSA) is 20.2 Å². The lowest BCUT2D eigenvalue weighted by Gasteiger charge is -2.27. The normalized spacial score (nSPS) is 22.8. The van der Waals surface area contributed by atoms with E-state index in [1.54, 1.807) is 0 Å². The molecule has 1 heteroatoms. The molecule has 1 aliphatic rings. The molecule has 72 valence electrons. The highest BCUT2D eigenvalue weighted by atomic mass is 16.3. The first-order valence-corrected chi connectivity index (χ1v) is 5.32. The van der Waals surface area contributed by atoms with E-state index in [0.717, 1.165) is 12.3 Å². The summed E-state index contributed by atoms with van der Waals surface area (Å²) in [6, 6.07) is 0. The molecule has 0 spiro atoms. The summed E-state index contributed by atoms with van der Waals surface area (Å²) in [5.74, 6) is 1.33. The van der Waals surface area contributed by atoms with Crippen LogP contribution >= 0.6 is 0 Å². The molecule has 0 aliphatic heterocycles. The van der Waals surface area contributed by atoms with Crippen LogP contribution in [-0.2, 0) is 0 Å². The van der Waals surface area contributed by atoms with Gasteiger partial charge in [0.1, 0.15) is 0 Å². The van der Waals surface area contributed by atoms with Crippen molar-refractivity contribution in [2.45, 2.75) is 58.5 Å². The molecule has 12 heavy (non-hydrogen) atoms. The minimum atomic E-state index is -0.364. The second-order valence-electron chi connectivity index (χ2n) is 4.52. The van der Waals surface area contributed by atoms with Gasteiger partial charge in [0.15, 0.2) is 0 Å². The minimum Gasteiger partial charge on any atom is -0.390 e. The Bertz CT molecular complexity index is 132. The monoisotopic (exact) mass is 170 g/mol. The summed E-state index contributed by atoms with van der Waals surface area (Å²) in [4.78, 5) is 0. The van der Waals surface area contributed by atoms with E-state index in [0.29, 0.717) is 5.92 Å². The predicted octanol–water partition coefficient (Wildman–Crippen LogP) is 2.97. The molecular formula is C11H22O. The Balaban J connectivity index is 2.35. The lowest BCUT2D eigenvalue weighted by molar-refractivity contribution is 0.0109. The van der Waals surface area contributed by atoms with Gasteiger partial charge in [0.05, 0.1) is 5.60 Å². The van der Waals surface area contributed by atoms with Gasteiger partial charge >= 0.3 is 0 Å². The Morgan fingerprint density at radius 1 is 1.33 bits per heavy atom. The summed E-state index contributed by atoms with van der Waals surface area (Å²) in [6.07, 6.45) is 5.91. The molecule has 0 aromatic rings. The lowest BCUT2D eigenvalue weighted by atomic mass is 9.85. The van der Waals surface area contributed by atoms with Crippen LogP contribution in [0.3, 0.4) is 0 Å². The van der Waals surface area contributed by atoms with Gasteiger partial charge in [-0.3, -0.25) is 0 Å². The molecule has 1 atom stereocenters. The zero-order valence-electron chi connectivity index (χ0n) is 8.64. The highest BCUT2D eigenvalue weighted by Gasteiger charge is 2.40. The molecule has 0 saturated heterocycles. The molecule has 1 saturated carbocycles. The molecule has 1 aliphatic carbocycles. The Kier molecular flexibility index (Phi) is 3.16. The Morgan fingerprint density at radius 3 is 2.17 bits per heavy atom. The first kappa shape index (κ1) is 10.0. The van der Waals surface area contributed by atoms with Crippen molar-refractivity contribution in [2.75, 3.05) is 0 Å². The summed E-state index contributed by atoms with van der Waals surface area (Å²) in [5, 5.41) is 10.1. The maximum atomic E-state index is 10.1. The quantitative estimate of drug-likeness (QED) is 0.672. The van der Waals surface area contributed by atoms with E-state index in [9.17, 15) is 5.11 Å². The molecule has 1 rings (SSSR count). The van der Waals surface area contributed by atoms with Crippen molar-refractivity contribution in [3.8, 4) is 0 Å². The fourth-order valence-corrected chi connectivity index (χ4v) is 2.03. The number of hydrogen-bond donors (Lipinski definition) is 1. The van der Waals surface area contributed by atoms with Gasteiger partial charge in [-0.25, -0.2) is 0 Å². The zero-order valence-corrected chi connectivity index (χ0v) is 8.64. The second-order valence-corrected chi connectivity index (χ2v) is 4.52. The molecule has 0 radical (unpaired) electrons. The van der Waals surface area contributed by atoms with Gasteiger partial charge in [0, 0.05) is 0 Å². The van der Waals surface area contributed by atoms with Crippen LogP contribution in [0.15, 0.2) is 0 Å². The van der Waals surface area contributed by atoms with E-state index in [4.69, 9.17) is 0 Å². The molecule has 1 unspecified atom stereocenters. The molecule has 1 fully saturated rings. The van der Waals surface area contributed by atoms with Crippen LogP contribution < -0.4 is 0 Å². The average molecular weight is 170 g/mol. The molecular weight excluding hydrogens is 148 g/mol. The lowest BCUT2D eigenvalue weighted by Crippen LogP contribution is -2.29. The third-order valence-electron chi connectivity index (χ3n) is 3.31. The number of hydrogen-bond acceptors (Lipinski definition) is 1. The minimum absolute atomic E-state index is 0.364. The summed E-state index contributed by atoms with van der Waals surface area (Å²) >= 11 is 0. The Hall–Kier alpha value is -0.0400. The summed E-state index contributed by atoms with van der Waals surface area (Å²) in [5.41, 5.74) is -0.364. The summed E-state index contributed by atoms with van der Waals surface area (Å²) in [6.45, 7) is 6.46. The molecule has 0 aromatic carbocycles. The van der Waals surface area contributed by atoms with Crippen LogP contribution in [-0.4, -0.2) is 10.7 Å². The maximum absolute atomic E-state index is 10.1. The Morgan fingerprint density at radius 2 is 1.83 bits per heavy atom. The maximum Gasteiger partial charge on any atom is 0.0650 e. The van der Waals surface area contributed by atoms with E-state index in [1.165, 1.54) is 25.7 Å². The van der Waals surface area contributed by atoms with Crippen molar-refractivity contribution in [3.05, 3.63) is 0 Å². The molecule has 1 nitrogen and oxygen atoms in total. The van der Waals surface area contributed by atoms with Crippen LogP contribution in [0.5, 0.6) is 0 Å². The highest BCUT2D eigenvalue weighted by molar-refractivity contribution is 4.92. The van der Waals surface area contributed by atoms with Gasteiger partial charge < -0.3 is 5.11 Å². The van der Waals surface area contributed by atoms with Crippen molar-refractivity contribution in [1.82, 2.24) is 0 Å². The van der Waals surface area contributed by atoms with Gasteiger partial charge in [-0.05, 0) is 38.0 Å². The fraction of sp³-hybridized carbons (Fsp3) is 1.00. The SMILES string of the molecule is CCC(CC)CC(C)(O)C1CC1. The van der Waals surface area contributed by atoms with Crippen molar-refractivity contribution < 1.29 is 5.11 Å². The van der Waals surface area contributed by atoms with Gasteiger partial charge in [-0.15, -0.1) is 0 Å². The van der Waals surface area contributed by atoms with Gasteiger partial charge in [-0.1, -0.05) is 26.7 Å². The Labute approximate surface area is 76.2 Å². The van der Waals surface area contributed by atoms with E-state index < -0.39 is 0 Å². The van der Waals surface area contributed by atoms with E-state index in [2.05, 4.69) is 13.8 Å². The first-order valence-electron chi connectivity index (χ1n) is 5.32. The highest BCUT2D eigenvalue weighted by Crippen LogP contribution is 2.43.